The van der Waals surface area contributed by atoms with Crippen molar-refractivity contribution in [3.63, 3.8) is 0 Å². The first-order chi connectivity index (χ1) is 9.63. The van der Waals surface area contributed by atoms with Gasteiger partial charge in [0.15, 0.2) is 0 Å². The maximum Gasteiger partial charge on any atom is 0.306 e. The van der Waals surface area contributed by atoms with Crippen LogP contribution in [0.15, 0.2) is 24.3 Å². The van der Waals surface area contributed by atoms with Crippen LogP contribution in [-0.4, -0.2) is 23.3 Å². The van der Waals surface area contributed by atoms with Gasteiger partial charge in [-0.05, 0) is 0 Å². The van der Waals surface area contributed by atoms with Gasteiger partial charge in [0.1, 0.15) is 11.5 Å². The van der Waals surface area contributed by atoms with Crippen molar-refractivity contribution in [3.8, 4) is 11.5 Å². The van der Waals surface area contributed by atoms with Gasteiger partial charge < -0.3 is 19.7 Å². The molecule has 104 valence electrons. The summed E-state index contributed by atoms with van der Waals surface area (Å²) in [6.07, 6.45) is -0.816. The molecule has 3 rings (SSSR count). The second-order valence-corrected chi connectivity index (χ2v) is 4.72. The van der Waals surface area contributed by atoms with Crippen LogP contribution in [0.1, 0.15) is 23.7 Å². The molecular weight excluding hydrogens is 260 g/mol. The van der Waals surface area contributed by atoms with E-state index in [9.17, 15) is 9.90 Å². The van der Waals surface area contributed by atoms with E-state index in [1.165, 1.54) is 0 Å². The summed E-state index contributed by atoms with van der Waals surface area (Å²) in [5.74, 6) is -0.240. The van der Waals surface area contributed by atoms with E-state index in [2.05, 4.69) is 0 Å². The van der Waals surface area contributed by atoms with E-state index in [1.54, 1.807) is 13.2 Å². The number of benzene rings is 2. The molecule has 0 saturated heterocycles. The third kappa shape index (κ3) is 1.78. The monoisotopic (exact) mass is 274 g/mol. The molecule has 0 fully saturated rings. The molecule has 2 N–H and O–H groups in total. The second kappa shape index (κ2) is 4.68. The summed E-state index contributed by atoms with van der Waals surface area (Å²) < 4.78 is 10.9. The lowest BCUT2D eigenvalue weighted by Gasteiger charge is -2.15. The third-order valence-electron chi connectivity index (χ3n) is 3.60. The number of hydrogen-bond donors (Lipinski definition) is 2. The Morgan fingerprint density at radius 1 is 1.40 bits per heavy atom. The normalized spacial score (nSPS) is 17.1. The van der Waals surface area contributed by atoms with Crippen molar-refractivity contribution in [1.29, 1.82) is 0 Å². The Balaban J connectivity index is 2.28. The predicted molar refractivity (Wildman–Crippen MR) is 71.9 cm³/mol. The summed E-state index contributed by atoms with van der Waals surface area (Å²) >= 11 is 0. The molecule has 5 heteroatoms. The highest BCUT2D eigenvalue weighted by Crippen LogP contribution is 2.48. The molecule has 0 saturated carbocycles. The van der Waals surface area contributed by atoms with Crippen molar-refractivity contribution in [1.82, 2.24) is 0 Å². The van der Waals surface area contributed by atoms with Crippen molar-refractivity contribution < 1.29 is 24.5 Å². The van der Waals surface area contributed by atoms with Gasteiger partial charge >= 0.3 is 5.97 Å². The number of phenolic OH excluding ortho intramolecular Hbond substituents is 1. The van der Waals surface area contributed by atoms with Crippen LogP contribution in [-0.2, 0) is 16.1 Å². The molecular formula is C15H14O5. The van der Waals surface area contributed by atoms with Gasteiger partial charge in [0, 0.05) is 21.9 Å². The number of methoxy groups -OCH3 is 1. The number of carboxylic acid groups (broad SMARTS) is 1. The van der Waals surface area contributed by atoms with Crippen molar-refractivity contribution >= 4 is 16.7 Å². The number of carbonyl (C=O) groups is 1. The van der Waals surface area contributed by atoms with Gasteiger partial charge in [-0.25, -0.2) is 0 Å². The Hall–Kier alpha value is -2.27. The summed E-state index contributed by atoms with van der Waals surface area (Å²) in [5.41, 5.74) is 1.26. The number of fused-ring (bicyclic) bond motifs is 2. The van der Waals surface area contributed by atoms with Crippen LogP contribution in [0.25, 0.3) is 10.8 Å². The molecule has 0 bridgehead atoms. The lowest BCUT2D eigenvalue weighted by Crippen LogP contribution is -2.05. The molecule has 1 atom stereocenters. The first-order valence-corrected chi connectivity index (χ1v) is 6.27. The average Bonchev–Trinajstić information content (AvgIpc) is 2.83. The minimum atomic E-state index is -0.964. The van der Waals surface area contributed by atoms with E-state index in [0.717, 1.165) is 10.9 Å². The number of ether oxygens (including phenoxy) is 2. The summed E-state index contributed by atoms with van der Waals surface area (Å²) in [4.78, 5) is 10.9. The Morgan fingerprint density at radius 3 is 2.75 bits per heavy atom. The predicted octanol–water partition coefficient (Wildman–Crippen LogP) is 2.60. The summed E-state index contributed by atoms with van der Waals surface area (Å²) in [5, 5.41) is 20.8. The molecule has 0 spiro atoms. The summed E-state index contributed by atoms with van der Waals surface area (Å²) in [7, 11) is 1.56. The number of hydrogen-bond acceptors (Lipinski definition) is 4. The number of rotatable bonds is 3. The van der Waals surface area contributed by atoms with E-state index in [4.69, 9.17) is 14.6 Å². The van der Waals surface area contributed by atoms with Crippen LogP contribution in [0.5, 0.6) is 11.5 Å². The fourth-order valence-electron chi connectivity index (χ4n) is 2.77. The van der Waals surface area contributed by atoms with E-state index < -0.39 is 12.1 Å². The van der Waals surface area contributed by atoms with E-state index >= 15 is 0 Å². The molecule has 5 nitrogen and oxygen atoms in total. The standard InChI is InChI=1S/C15H14O5/c1-19-15-9-5-3-2-4-8(9)14(18)13-10(15)7-20-11(13)6-12(16)17/h2-5,11,18H,6-7H2,1H3,(H,16,17)/t11-/m0/s1. The highest BCUT2D eigenvalue weighted by molar-refractivity contribution is 5.96. The molecule has 1 heterocycles. The van der Waals surface area contributed by atoms with Gasteiger partial charge in [0.25, 0.3) is 0 Å². The molecule has 1 aliphatic heterocycles. The molecule has 0 amide bonds. The van der Waals surface area contributed by atoms with Gasteiger partial charge in [-0.15, -0.1) is 0 Å². The van der Waals surface area contributed by atoms with Gasteiger partial charge in [-0.1, -0.05) is 24.3 Å². The van der Waals surface area contributed by atoms with Crippen LogP contribution < -0.4 is 4.74 Å². The van der Waals surface area contributed by atoms with Crippen molar-refractivity contribution in [2.45, 2.75) is 19.1 Å². The molecule has 1 aliphatic rings. The van der Waals surface area contributed by atoms with Gasteiger partial charge in [0.05, 0.1) is 26.2 Å². The molecule has 0 radical (unpaired) electrons. The van der Waals surface area contributed by atoms with E-state index in [-0.39, 0.29) is 18.8 Å². The first-order valence-electron chi connectivity index (χ1n) is 6.27. The SMILES string of the molecule is COc1c2c(c(O)c3ccccc13)[C@H](CC(=O)O)OC2. The van der Waals surface area contributed by atoms with Gasteiger partial charge in [-0.3, -0.25) is 4.79 Å². The molecule has 0 unspecified atom stereocenters. The van der Waals surface area contributed by atoms with Crippen LogP contribution in [0, 0.1) is 0 Å². The van der Waals surface area contributed by atoms with E-state index in [1.807, 2.05) is 18.2 Å². The first kappa shape index (κ1) is 12.7. The highest BCUT2D eigenvalue weighted by atomic mass is 16.5. The second-order valence-electron chi connectivity index (χ2n) is 4.72. The molecule has 0 aromatic heterocycles. The summed E-state index contributed by atoms with van der Waals surface area (Å²) in [6.45, 7) is 0.245. The average molecular weight is 274 g/mol. The van der Waals surface area contributed by atoms with Crippen molar-refractivity contribution in [2.75, 3.05) is 7.11 Å². The molecule has 2 aromatic rings. The largest absolute Gasteiger partial charge is 0.507 e. The number of aromatic hydroxyl groups is 1. The minimum Gasteiger partial charge on any atom is -0.507 e. The Bertz CT molecular complexity index is 692. The quantitative estimate of drug-likeness (QED) is 0.899. The molecule has 2 aromatic carbocycles. The van der Waals surface area contributed by atoms with Crippen LogP contribution >= 0.6 is 0 Å². The van der Waals surface area contributed by atoms with Crippen LogP contribution in [0.4, 0.5) is 0 Å². The maximum atomic E-state index is 10.9. The Morgan fingerprint density at radius 2 is 2.10 bits per heavy atom. The zero-order chi connectivity index (χ0) is 14.3. The Labute approximate surface area is 115 Å². The lowest BCUT2D eigenvalue weighted by molar-refractivity contribution is -0.140. The maximum absolute atomic E-state index is 10.9. The number of carboxylic acids is 1. The zero-order valence-electron chi connectivity index (χ0n) is 10.9. The summed E-state index contributed by atoms with van der Waals surface area (Å²) in [6, 6.07) is 7.32. The number of phenols is 1. The zero-order valence-corrected chi connectivity index (χ0v) is 10.9. The highest BCUT2D eigenvalue weighted by Gasteiger charge is 2.33. The van der Waals surface area contributed by atoms with Crippen molar-refractivity contribution in [3.05, 3.63) is 35.4 Å². The third-order valence-corrected chi connectivity index (χ3v) is 3.60. The lowest BCUT2D eigenvalue weighted by atomic mass is 9.95. The van der Waals surface area contributed by atoms with Gasteiger partial charge in [-0.2, -0.15) is 0 Å². The van der Waals surface area contributed by atoms with Gasteiger partial charge in [0.2, 0.25) is 0 Å². The van der Waals surface area contributed by atoms with Crippen molar-refractivity contribution in [2.24, 2.45) is 0 Å². The fraction of sp³-hybridized carbons (Fsp3) is 0.267. The van der Waals surface area contributed by atoms with E-state index in [0.29, 0.717) is 16.7 Å². The fourth-order valence-corrected chi connectivity index (χ4v) is 2.77. The van der Waals surface area contributed by atoms with Crippen LogP contribution in [0.3, 0.4) is 0 Å². The minimum absolute atomic E-state index is 0.0835. The number of aliphatic carboxylic acids is 1. The smallest absolute Gasteiger partial charge is 0.306 e. The molecule has 20 heavy (non-hydrogen) atoms. The topological polar surface area (TPSA) is 76.0 Å². The molecule has 0 aliphatic carbocycles. The Kier molecular flexibility index (Phi) is 2.99. The van der Waals surface area contributed by atoms with Crippen LogP contribution in [0.2, 0.25) is 0 Å².